The second-order valence-electron chi connectivity index (χ2n) is 4.73. The third-order valence-corrected chi connectivity index (χ3v) is 3.41. The fraction of sp³-hybridized carbons (Fsp3) is 0.267. The van der Waals surface area contributed by atoms with Crippen molar-refractivity contribution in [2.75, 3.05) is 0 Å². The Morgan fingerprint density at radius 2 is 1.90 bits per heavy atom. The van der Waals surface area contributed by atoms with Crippen molar-refractivity contribution in [1.29, 1.82) is 0 Å². The van der Waals surface area contributed by atoms with Crippen molar-refractivity contribution in [3.05, 3.63) is 64.7 Å². The molecule has 0 spiro atoms. The first-order chi connectivity index (χ1) is 9.06. The van der Waals surface area contributed by atoms with Crippen LogP contribution in [0.3, 0.4) is 0 Å². The van der Waals surface area contributed by atoms with Gasteiger partial charge in [-0.05, 0) is 42.7 Å². The summed E-state index contributed by atoms with van der Waals surface area (Å²) in [4.78, 5) is 3.89. The minimum atomic E-state index is -0.334. The van der Waals surface area contributed by atoms with E-state index in [9.17, 15) is 4.39 Å². The van der Waals surface area contributed by atoms with Gasteiger partial charge in [0.1, 0.15) is 5.82 Å². The zero-order valence-corrected chi connectivity index (χ0v) is 12.7. The van der Waals surface area contributed by atoms with Gasteiger partial charge in [0.2, 0.25) is 0 Å². The zero-order valence-electron chi connectivity index (χ0n) is 11.1. The van der Waals surface area contributed by atoms with Crippen LogP contribution in [0.2, 0.25) is 5.02 Å². The van der Waals surface area contributed by atoms with Gasteiger partial charge in [0.25, 0.3) is 0 Å². The fourth-order valence-electron chi connectivity index (χ4n) is 2.11. The van der Waals surface area contributed by atoms with Gasteiger partial charge in [-0.3, -0.25) is 4.98 Å². The molecule has 2 aromatic rings. The maximum absolute atomic E-state index is 13.3. The van der Waals surface area contributed by atoms with Crippen LogP contribution in [0.15, 0.2) is 42.7 Å². The van der Waals surface area contributed by atoms with Crippen molar-refractivity contribution < 1.29 is 4.39 Å². The van der Waals surface area contributed by atoms with Crippen LogP contribution in [0.1, 0.15) is 24.0 Å². The van der Waals surface area contributed by atoms with Crippen LogP contribution in [0, 0.1) is 5.82 Å². The van der Waals surface area contributed by atoms with Crippen LogP contribution in [0.5, 0.6) is 0 Å². The molecule has 108 valence electrons. The molecule has 0 saturated heterocycles. The van der Waals surface area contributed by atoms with Crippen molar-refractivity contribution >= 4 is 24.0 Å². The molecule has 1 heterocycles. The van der Waals surface area contributed by atoms with Crippen LogP contribution in [-0.2, 0) is 6.42 Å². The Hall–Kier alpha value is -1.16. The van der Waals surface area contributed by atoms with Crippen LogP contribution < -0.4 is 5.73 Å². The summed E-state index contributed by atoms with van der Waals surface area (Å²) in [5.74, 6) is -0.302. The highest BCUT2D eigenvalue weighted by Gasteiger charge is 2.17. The molecule has 0 radical (unpaired) electrons. The Balaban J connectivity index is 0.00000200. The van der Waals surface area contributed by atoms with Crippen LogP contribution in [0.25, 0.3) is 0 Å². The average molecular weight is 315 g/mol. The monoisotopic (exact) mass is 314 g/mol. The number of benzene rings is 1. The van der Waals surface area contributed by atoms with Gasteiger partial charge in [-0.15, -0.1) is 12.4 Å². The molecule has 20 heavy (non-hydrogen) atoms. The topological polar surface area (TPSA) is 38.9 Å². The lowest BCUT2D eigenvalue weighted by Gasteiger charge is -2.21. The molecule has 2 nitrogen and oxygen atoms in total. The summed E-state index contributed by atoms with van der Waals surface area (Å²) in [7, 11) is 0. The lowest BCUT2D eigenvalue weighted by Crippen LogP contribution is -2.26. The van der Waals surface area contributed by atoms with Crippen molar-refractivity contribution in [1.82, 2.24) is 4.98 Å². The summed E-state index contributed by atoms with van der Waals surface area (Å²) >= 11 is 5.86. The van der Waals surface area contributed by atoms with E-state index < -0.39 is 0 Å². The number of nitrogens with zero attached hydrogens (tertiary/aromatic N) is 1. The maximum Gasteiger partial charge on any atom is 0.141 e. The van der Waals surface area contributed by atoms with E-state index in [1.165, 1.54) is 12.3 Å². The van der Waals surface area contributed by atoms with Gasteiger partial charge in [0, 0.05) is 23.2 Å². The molecule has 1 aromatic carbocycles. The van der Waals surface area contributed by atoms with Gasteiger partial charge >= 0.3 is 0 Å². The summed E-state index contributed by atoms with van der Waals surface area (Å²) in [5.41, 5.74) is 7.97. The van der Waals surface area contributed by atoms with Crippen molar-refractivity contribution in [2.24, 2.45) is 5.73 Å². The third-order valence-electron chi connectivity index (χ3n) is 3.16. The molecule has 2 atom stereocenters. The Morgan fingerprint density at radius 3 is 2.45 bits per heavy atom. The zero-order chi connectivity index (χ0) is 13.8. The molecule has 0 aliphatic heterocycles. The molecule has 2 N–H and O–H groups in total. The first kappa shape index (κ1) is 16.9. The van der Waals surface area contributed by atoms with E-state index in [-0.39, 0.29) is 30.2 Å². The molecule has 2 unspecified atom stereocenters. The maximum atomic E-state index is 13.3. The molecule has 0 amide bonds. The molecule has 0 saturated carbocycles. The summed E-state index contributed by atoms with van der Waals surface area (Å²) in [6.07, 6.45) is 3.61. The number of nitrogens with two attached hydrogens (primary N) is 1. The Labute approximate surface area is 129 Å². The molecule has 0 fully saturated rings. The van der Waals surface area contributed by atoms with Gasteiger partial charge in [0.15, 0.2) is 0 Å². The lowest BCUT2D eigenvalue weighted by molar-refractivity contribution is 0.553. The van der Waals surface area contributed by atoms with Gasteiger partial charge in [0.05, 0.1) is 6.20 Å². The lowest BCUT2D eigenvalue weighted by atomic mass is 9.88. The minimum absolute atomic E-state index is 0. The minimum Gasteiger partial charge on any atom is -0.327 e. The summed E-state index contributed by atoms with van der Waals surface area (Å²) in [5, 5.41) is 0.702. The molecular formula is C15H17Cl2FN2. The van der Waals surface area contributed by atoms with Crippen molar-refractivity contribution in [3.63, 3.8) is 0 Å². The number of rotatable bonds is 4. The molecule has 0 aliphatic carbocycles. The Kier molecular flexibility index (Phi) is 6.40. The first-order valence-corrected chi connectivity index (χ1v) is 6.54. The van der Waals surface area contributed by atoms with Crippen LogP contribution in [-0.4, -0.2) is 11.0 Å². The second kappa shape index (κ2) is 7.58. The molecule has 0 bridgehead atoms. The Morgan fingerprint density at radius 1 is 1.25 bits per heavy atom. The van der Waals surface area contributed by atoms with Gasteiger partial charge in [-0.25, -0.2) is 4.39 Å². The average Bonchev–Trinajstić information content (AvgIpc) is 2.37. The molecular weight excluding hydrogens is 298 g/mol. The van der Waals surface area contributed by atoms with E-state index >= 15 is 0 Å². The van der Waals surface area contributed by atoms with Crippen molar-refractivity contribution in [3.8, 4) is 0 Å². The van der Waals surface area contributed by atoms with Gasteiger partial charge in [-0.1, -0.05) is 23.7 Å². The largest absolute Gasteiger partial charge is 0.327 e. The highest BCUT2D eigenvalue weighted by molar-refractivity contribution is 6.30. The molecule has 1 aromatic heterocycles. The standard InChI is InChI=1S/C15H16ClFN2.ClH/c1-10(18)15(12-7-14(17)9-19-8-12)6-11-2-4-13(16)5-3-11;/h2-5,7-10,15H,6,18H2,1H3;1H. The van der Waals surface area contributed by atoms with Gasteiger partial charge < -0.3 is 5.73 Å². The number of halogens is 3. The van der Waals surface area contributed by atoms with E-state index in [1.807, 2.05) is 31.2 Å². The van der Waals surface area contributed by atoms with Gasteiger partial charge in [-0.2, -0.15) is 0 Å². The number of hydrogen-bond donors (Lipinski definition) is 1. The summed E-state index contributed by atoms with van der Waals surface area (Å²) in [6, 6.07) is 9.03. The number of pyridine rings is 1. The molecule has 0 aliphatic rings. The van der Waals surface area contributed by atoms with Crippen LogP contribution in [0.4, 0.5) is 4.39 Å². The second-order valence-corrected chi connectivity index (χ2v) is 5.17. The summed E-state index contributed by atoms with van der Waals surface area (Å²) < 4.78 is 13.3. The Bertz CT molecular complexity index is 544. The molecule has 5 heteroatoms. The van der Waals surface area contributed by atoms with Crippen LogP contribution >= 0.6 is 24.0 Å². The normalized spacial score (nSPS) is 13.4. The van der Waals surface area contributed by atoms with E-state index in [4.69, 9.17) is 17.3 Å². The van der Waals surface area contributed by atoms with Crippen molar-refractivity contribution in [2.45, 2.75) is 25.3 Å². The predicted octanol–water partition coefficient (Wildman–Crippen LogP) is 3.97. The first-order valence-electron chi connectivity index (χ1n) is 6.16. The van der Waals surface area contributed by atoms with E-state index in [0.29, 0.717) is 5.02 Å². The SMILES string of the molecule is CC(N)C(Cc1ccc(Cl)cc1)c1cncc(F)c1.Cl. The number of aromatic nitrogens is 1. The smallest absolute Gasteiger partial charge is 0.141 e. The third kappa shape index (κ3) is 4.44. The fourth-order valence-corrected chi connectivity index (χ4v) is 2.24. The summed E-state index contributed by atoms with van der Waals surface area (Å²) in [6.45, 7) is 1.92. The number of hydrogen-bond acceptors (Lipinski definition) is 2. The highest BCUT2D eigenvalue weighted by atomic mass is 35.5. The van der Waals surface area contributed by atoms with E-state index in [0.717, 1.165) is 17.5 Å². The van der Waals surface area contributed by atoms with E-state index in [1.54, 1.807) is 6.20 Å². The predicted molar refractivity (Wildman–Crippen MR) is 83.0 cm³/mol. The highest BCUT2D eigenvalue weighted by Crippen LogP contribution is 2.24. The molecule has 2 rings (SSSR count). The quantitative estimate of drug-likeness (QED) is 0.927. The van der Waals surface area contributed by atoms with E-state index in [2.05, 4.69) is 4.98 Å².